The summed E-state index contributed by atoms with van der Waals surface area (Å²) in [5.41, 5.74) is -0.302. The molecule has 1 rings (SSSR count). The van der Waals surface area contributed by atoms with E-state index in [1.165, 1.54) is 0 Å². The molecule has 1 aromatic carbocycles. The van der Waals surface area contributed by atoms with Crippen LogP contribution in [0, 0.1) is 23.7 Å². The van der Waals surface area contributed by atoms with Gasteiger partial charge in [0.2, 0.25) is 0 Å². The Labute approximate surface area is 236 Å². The van der Waals surface area contributed by atoms with Crippen LogP contribution in [-0.4, -0.2) is 47.4 Å². The predicted molar refractivity (Wildman–Crippen MR) is 148 cm³/mol. The molecular weight excluding hydrogens is 516 g/mol. The molecule has 0 unspecified atom stereocenters. The number of nitrogens with one attached hydrogen (secondary N) is 2. The Morgan fingerprint density at radius 1 is 0.700 bits per heavy atom. The zero-order valence-corrected chi connectivity index (χ0v) is 24.6. The summed E-state index contributed by atoms with van der Waals surface area (Å²) in [5.74, 6) is 9.52. The molecular formula is C30H40N2O8. The minimum absolute atomic E-state index is 0.0422. The Morgan fingerprint density at radius 2 is 1.05 bits per heavy atom. The van der Waals surface area contributed by atoms with Crippen molar-refractivity contribution >= 4 is 24.1 Å². The molecule has 10 nitrogen and oxygen atoms in total. The number of esters is 2. The number of carbonyl (C=O) groups is 4. The molecule has 0 saturated carbocycles. The summed E-state index contributed by atoms with van der Waals surface area (Å²) in [6.07, 6.45) is -1.44. The topological polar surface area (TPSA) is 129 Å². The molecule has 2 amide bonds. The van der Waals surface area contributed by atoms with Gasteiger partial charge in [-0.1, -0.05) is 24.3 Å². The molecule has 0 aliphatic heterocycles. The number of amides is 2. The minimum Gasteiger partial charge on any atom is -0.459 e. The first kappa shape index (κ1) is 33.8. The number of hydrogen-bond acceptors (Lipinski definition) is 8. The van der Waals surface area contributed by atoms with Crippen molar-refractivity contribution < 1.29 is 38.1 Å². The summed E-state index contributed by atoms with van der Waals surface area (Å²) < 4.78 is 21.4. The second-order valence-electron chi connectivity index (χ2n) is 10.6. The minimum atomic E-state index is -1.04. The van der Waals surface area contributed by atoms with Crippen molar-refractivity contribution in [3.8, 4) is 23.7 Å². The molecule has 1 aromatic rings. The maximum atomic E-state index is 12.8. The number of carbonyl (C=O) groups excluding carboxylic acids is 4. The first-order chi connectivity index (χ1) is 18.6. The molecule has 0 aliphatic carbocycles. The molecule has 0 saturated heterocycles. The number of alkyl carbamates (subject to hydrolysis) is 2. The van der Waals surface area contributed by atoms with Crippen LogP contribution >= 0.6 is 0 Å². The summed E-state index contributed by atoms with van der Waals surface area (Å²) in [6.45, 7) is 13.2. The van der Waals surface area contributed by atoms with E-state index in [2.05, 4.69) is 34.3 Å². The van der Waals surface area contributed by atoms with E-state index >= 15 is 0 Å². The molecule has 0 aliphatic rings. The second kappa shape index (κ2) is 16.0. The lowest BCUT2D eigenvalue weighted by molar-refractivity contribution is -0.149. The van der Waals surface area contributed by atoms with E-state index in [-0.39, 0.29) is 26.1 Å². The van der Waals surface area contributed by atoms with Gasteiger partial charge in [-0.3, -0.25) is 0 Å². The summed E-state index contributed by atoms with van der Waals surface area (Å²) in [6, 6.07) is 4.86. The van der Waals surface area contributed by atoms with Crippen LogP contribution in [0.2, 0.25) is 0 Å². The number of ether oxygens (including phenoxy) is 4. The van der Waals surface area contributed by atoms with Gasteiger partial charge in [0, 0.05) is 12.8 Å². The quantitative estimate of drug-likeness (QED) is 0.247. The molecule has 10 heteroatoms. The standard InChI is InChI=1S/C30H40N2O8/c1-9-11-17-23(31-27(35)39-29(3,4)5)25(33)37-19-21-15-13-14-16-22(21)20-38-26(34)24(18-12-10-2)32-28(36)40-30(6,7)8/h13-16,23-24H,17-20H2,1-8H3,(H,31,35)(H,32,36)/t23-,24-/m1/s1. The average Bonchev–Trinajstić information content (AvgIpc) is 2.84. The lowest BCUT2D eigenvalue weighted by Crippen LogP contribution is -2.44. The Morgan fingerprint density at radius 3 is 1.35 bits per heavy atom. The normalized spacial score (nSPS) is 12.2. The van der Waals surface area contributed by atoms with E-state index < -0.39 is 47.4 Å². The largest absolute Gasteiger partial charge is 0.459 e. The molecule has 0 aromatic heterocycles. The SMILES string of the molecule is CC#CC[C@@H](NC(=O)OC(C)(C)C)C(=O)OCc1ccccc1COC(=O)[C@@H](CC#CC)NC(=O)OC(C)(C)C. The average molecular weight is 557 g/mol. The van der Waals surface area contributed by atoms with Crippen LogP contribution in [-0.2, 0) is 41.8 Å². The lowest BCUT2D eigenvalue weighted by atomic mass is 10.1. The highest BCUT2D eigenvalue weighted by Crippen LogP contribution is 2.14. The van der Waals surface area contributed by atoms with Gasteiger partial charge in [-0.2, -0.15) is 0 Å². The molecule has 0 radical (unpaired) electrons. The van der Waals surface area contributed by atoms with Crippen LogP contribution in [0.3, 0.4) is 0 Å². The second-order valence-corrected chi connectivity index (χ2v) is 10.6. The predicted octanol–water partition coefficient (Wildman–Crippen LogP) is 4.39. The fourth-order valence-electron chi connectivity index (χ4n) is 3.03. The Bertz CT molecular complexity index is 1070. The fraction of sp³-hybridized carbons (Fsp3) is 0.533. The first-order valence-corrected chi connectivity index (χ1v) is 12.8. The van der Waals surface area contributed by atoms with Crippen molar-refractivity contribution in [1.29, 1.82) is 0 Å². The van der Waals surface area contributed by atoms with Crippen molar-refractivity contribution in [2.24, 2.45) is 0 Å². The maximum Gasteiger partial charge on any atom is 0.408 e. The van der Waals surface area contributed by atoms with Gasteiger partial charge in [-0.05, 0) is 66.5 Å². The Hall–Kier alpha value is -4.18. The van der Waals surface area contributed by atoms with E-state index in [0.29, 0.717) is 11.1 Å². The highest BCUT2D eigenvalue weighted by atomic mass is 16.6. The highest BCUT2D eigenvalue weighted by Gasteiger charge is 2.27. The monoisotopic (exact) mass is 556 g/mol. The maximum absolute atomic E-state index is 12.8. The van der Waals surface area contributed by atoms with Gasteiger partial charge in [0.25, 0.3) is 0 Å². The van der Waals surface area contributed by atoms with Gasteiger partial charge in [0.1, 0.15) is 36.5 Å². The number of hydrogen-bond donors (Lipinski definition) is 2. The highest BCUT2D eigenvalue weighted by molar-refractivity contribution is 5.82. The van der Waals surface area contributed by atoms with Gasteiger partial charge in [0.15, 0.2) is 0 Å². The van der Waals surface area contributed by atoms with Crippen LogP contribution in [0.25, 0.3) is 0 Å². The van der Waals surface area contributed by atoms with Crippen molar-refractivity contribution in [3.63, 3.8) is 0 Å². The molecule has 2 N–H and O–H groups in total. The molecule has 218 valence electrons. The van der Waals surface area contributed by atoms with Crippen molar-refractivity contribution in [3.05, 3.63) is 35.4 Å². The molecule has 0 spiro atoms. The van der Waals surface area contributed by atoms with Gasteiger partial charge in [-0.15, -0.1) is 23.7 Å². The van der Waals surface area contributed by atoms with Crippen molar-refractivity contribution in [2.45, 2.75) is 105 Å². The van der Waals surface area contributed by atoms with Crippen LogP contribution in [0.4, 0.5) is 9.59 Å². The summed E-state index contributed by atoms with van der Waals surface area (Å²) in [7, 11) is 0. The number of benzene rings is 1. The van der Waals surface area contributed by atoms with Crippen LogP contribution in [0.15, 0.2) is 24.3 Å². The molecule has 0 fully saturated rings. The molecule has 40 heavy (non-hydrogen) atoms. The van der Waals surface area contributed by atoms with E-state index in [4.69, 9.17) is 18.9 Å². The van der Waals surface area contributed by atoms with E-state index in [1.807, 2.05) is 0 Å². The smallest absolute Gasteiger partial charge is 0.408 e. The van der Waals surface area contributed by atoms with Gasteiger partial charge in [-0.25, -0.2) is 19.2 Å². The van der Waals surface area contributed by atoms with Gasteiger partial charge in [0.05, 0.1) is 0 Å². The third-order valence-corrected chi connectivity index (χ3v) is 4.78. The molecule has 0 bridgehead atoms. The van der Waals surface area contributed by atoms with E-state index in [9.17, 15) is 19.2 Å². The fourth-order valence-corrected chi connectivity index (χ4v) is 3.03. The van der Waals surface area contributed by atoms with Crippen LogP contribution in [0.1, 0.15) is 79.4 Å². The van der Waals surface area contributed by atoms with E-state index in [1.54, 1.807) is 79.7 Å². The first-order valence-electron chi connectivity index (χ1n) is 12.8. The summed E-state index contributed by atoms with van der Waals surface area (Å²) in [4.78, 5) is 49.9. The third kappa shape index (κ3) is 14.1. The zero-order chi connectivity index (χ0) is 30.3. The molecule has 2 atom stereocenters. The summed E-state index contributed by atoms with van der Waals surface area (Å²) in [5, 5.41) is 4.99. The zero-order valence-electron chi connectivity index (χ0n) is 24.6. The van der Waals surface area contributed by atoms with Crippen LogP contribution < -0.4 is 10.6 Å². The Kier molecular flexibility index (Phi) is 13.6. The summed E-state index contributed by atoms with van der Waals surface area (Å²) >= 11 is 0. The van der Waals surface area contributed by atoms with Crippen molar-refractivity contribution in [2.75, 3.05) is 0 Å². The van der Waals surface area contributed by atoms with Gasteiger partial charge >= 0.3 is 24.1 Å². The van der Waals surface area contributed by atoms with Crippen LogP contribution in [0.5, 0.6) is 0 Å². The molecule has 0 heterocycles. The number of rotatable bonds is 10. The van der Waals surface area contributed by atoms with Gasteiger partial charge < -0.3 is 29.6 Å². The van der Waals surface area contributed by atoms with Crippen molar-refractivity contribution in [1.82, 2.24) is 10.6 Å². The third-order valence-electron chi connectivity index (χ3n) is 4.78. The Balaban J connectivity index is 2.88. The lowest BCUT2D eigenvalue weighted by Gasteiger charge is -2.22. The van der Waals surface area contributed by atoms with E-state index in [0.717, 1.165) is 0 Å².